The first-order valence-corrected chi connectivity index (χ1v) is 6.91. The van der Waals surface area contributed by atoms with Crippen molar-refractivity contribution in [3.05, 3.63) is 59.9 Å². The molecule has 0 amide bonds. The Morgan fingerprint density at radius 2 is 1.71 bits per heavy atom. The minimum atomic E-state index is 0.641. The second kappa shape index (κ2) is 4.38. The summed E-state index contributed by atoms with van der Waals surface area (Å²) in [6.07, 6.45) is 0. The fourth-order valence-corrected chi connectivity index (χ4v) is 2.72. The van der Waals surface area contributed by atoms with Crippen LogP contribution in [-0.2, 0) is 0 Å². The Hall–Kier alpha value is -2.75. The summed E-state index contributed by atoms with van der Waals surface area (Å²) in [5.41, 5.74) is 4.35. The molecule has 2 aromatic carbocycles. The van der Waals surface area contributed by atoms with Crippen LogP contribution >= 0.6 is 0 Å². The van der Waals surface area contributed by atoms with E-state index in [9.17, 15) is 0 Å². The Morgan fingerprint density at radius 3 is 2.52 bits per heavy atom. The van der Waals surface area contributed by atoms with Gasteiger partial charge in [-0.3, -0.25) is 4.40 Å². The highest BCUT2D eigenvalue weighted by atomic mass is 15.3. The second-order valence-electron chi connectivity index (χ2n) is 5.23. The summed E-state index contributed by atoms with van der Waals surface area (Å²) in [5, 5.41) is 9.45. The summed E-state index contributed by atoms with van der Waals surface area (Å²) >= 11 is 0. The van der Waals surface area contributed by atoms with E-state index < -0.39 is 0 Å². The van der Waals surface area contributed by atoms with Crippen LogP contribution in [0.3, 0.4) is 0 Å². The molecule has 0 atom stereocenters. The minimum Gasteiger partial charge on any atom is -0.263 e. The van der Waals surface area contributed by atoms with Crippen molar-refractivity contribution in [3.63, 3.8) is 0 Å². The van der Waals surface area contributed by atoms with Crippen LogP contribution < -0.4 is 0 Å². The van der Waals surface area contributed by atoms with Gasteiger partial charge in [-0.05, 0) is 26.0 Å². The SMILES string of the molecule is Cc1ccc2c(c1)c(-c1ccccc1)nc1nnc(C)n12. The molecule has 0 aliphatic heterocycles. The Bertz CT molecular complexity index is 955. The van der Waals surface area contributed by atoms with E-state index in [4.69, 9.17) is 4.98 Å². The van der Waals surface area contributed by atoms with Crippen molar-refractivity contribution < 1.29 is 0 Å². The minimum absolute atomic E-state index is 0.641. The van der Waals surface area contributed by atoms with Crippen LogP contribution in [-0.4, -0.2) is 19.6 Å². The summed E-state index contributed by atoms with van der Waals surface area (Å²) in [4.78, 5) is 4.72. The van der Waals surface area contributed by atoms with Crippen LogP contribution in [0.5, 0.6) is 0 Å². The standard InChI is InChI=1S/C17H14N4/c1-11-8-9-15-14(10-11)16(13-6-4-3-5-7-13)18-17-20-19-12(2)21(15)17/h3-10H,1-2H3. The van der Waals surface area contributed by atoms with Gasteiger partial charge in [-0.2, -0.15) is 0 Å². The molecule has 4 heteroatoms. The molecule has 102 valence electrons. The maximum Gasteiger partial charge on any atom is 0.256 e. The van der Waals surface area contributed by atoms with E-state index in [2.05, 4.69) is 47.5 Å². The molecule has 0 saturated heterocycles. The molecule has 0 N–H and O–H groups in total. The van der Waals surface area contributed by atoms with Gasteiger partial charge >= 0.3 is 0 Å². The summed E-state index contributed by atoms with van der Waals surface area (Å²) in [7, 11) is 0. The first-order valence-electron chi connectivity index (χ1n) is 6.91. The average Bonchev–Trinajstić information content (AvgIpc) is 2.88. The quantitative estimate of drug-likeness (QED) is 0.533. The van der Waals surface area contributed by atoms with Gasteiger partial charge in [0.25, 0.3) is 5.78 Å². The fourth-order valence-electron chi connectivity index (χ4n) is 2.72. The lowest BCUT2D eigenvalue weighted by Gasteiger charge is -2.09. The highest BCUT2D eigenvalue weighted by Crippen LogP contribution is 2.28. The third kappa shape index (κ3) is 1.80. The lowest BCUT2D eigenvalue weighted by Crippen LogP contribution is -1.97. The van der Waals surface area contributed by atoms with E-state index in [1.54, 1.807) is 0 Å². The van der Waals surface area contributed by atoms with E-state index in [1.165, 1.54) is 5.56 Å². The third-order valence-electron chi connectivity index (χ3n) is 3.71. The molecule has 2 aromatic heterocycles. The molecule has 2 heterocycles. The molecule has 21 heavy (non-hydrogen) atoms. The number of benzene rings is 2. The highest BCUT2D eigenvalue weighted by Gasteiger charge is 2.13. The van der Waals surface area contributed by atoms with Gasteiger partial charge in [0, 0.05) is 10.9 Å². The number of hydrogen-bond donors (Lipinski definition) is 0. The predicted octanol–water partition coefficient (Wildman–Crippen LogP) is 3.56. The molecule has 0 saturated carbocycles. The van der Waals surface area contributed by atoms with Crippen molar-refractivity contribution in [2.75, 3.05) is 0 Å². The van der Waals surface area contributed by atoms with Gasteiger partial charge in [0.1, 0.15) is 5.82 Å². The van der Waals surface area contributed by atoms with Crippen molar-refractivity contribution in [2.24, 2.45) is 0 Å². The number of aryl methyl sites for hydroxylation is 2. The van der Waals surface area contributed by atoms with Gasteiger partial charge in [-0.25, -0.2) is 4.98 Å². The third-order valence-corrected chi connectivity index (χ3v) is 3.71. The van der Waals surface area contributed by atoms with Gasteiger partial charge in [-0.15, -0.1) is 10.2 Å². The first-order chi connectivity index (χ1) is 10.2. The molecule has 0 radical (unpaired) electrons. The van der Waals surface area contributed by atoms with E-state index in [0.717, 1.165) is 28.0 Å². The zero-order valence-electron chi connectivity index (χ0n) is 11.9. The lowest BCUT2D eigenvalue weighted by molar-refractivity contribution is 1.02. The van der Waals surface area contributed by atoms with Crippen LogP contribution in [0.15, 0.2) is 48.5 Å². The van der Waals surface area contributed by atoms with E-state index in [-0.39, 0.29) is 0 Å². The van der Waals surface area contributed by atoms with E-state index in [0.29, 0.717) is 5.78 Å². The summed E-state index contributed by atoms with van der Waals surface area (Å²) < 4.78 is 2.00. The van der Waals surface area contributed by atoms with Gasteiger partial charge < -0.3 is 0 Å². The van der Waals surface area contributed by atoms with Crippen molar-refractivity contribution >= 4 is 16.7 Å². The summed E-state index contributed by atoms with van der Waals surface area (Å²) in [5.74, 6) is 1.49. The number of hydrogen-bond acceptors (Lipinski definition) is 3. The van der Waals surface area contributed by atoms with Crippen molar-refractivity contribution in [1.29, 1.82) is 0 Å². The van der Waals surface area contributed by atoms with Crippen LogP contribution in [0.1, 0.15) is 11.4 Å². The fraction of sp³-hybridized carbons (Fsp3) is 0.118. The van der Waals surface area contributed by atoms with Gasteiger partial charge in [-0.1, -0.05) is 42.0 Å². The first kappa shape index (κ1) is 12.0. The van der Waals surface area contributed by atoms with Crippen molar-refractivity contribution in [2.45, 2.75) is 13.8 Å². The summed E-state index contributed by atoms with van der Waals surface area (Å²) in [6.45, 7) is 4.04. The van der Waals surface area contributed by atoms with Crippen LogP contribution in [0, 0.1) is 13.8 Å². The van der Waals surface area contributed by atoms with Gasteiger partial charge in [0.05, 0.1) is 11.2 Å². The smallest absolute Gasteiger partial charge is 0.256 e. The normalized spacial score (nSPS) is 11.3. The molecule has 0 aliphatic rings. The Labute approximate surface area is 122 Å². The molecular weight excluding hydrogens is 260 g/mol. The molecular formula is C17H14N4. The topological polar surface area (TPSA) is 43.1 Å². The zero-order chi connectivity index (χ0) is 14.4. The molecule has 0 unspecified atom stereocenters. The Balaban J connectivity index is 2.21. The molecule has 0 fully saturated rings. The number of rotatable bonds is 1. The summed E-state index contributed by atoms with van der Waals surface area (Å²) in [6, 6.07) is 16.6. The molecule has 4 aromatic rings. The Morgan fingerprint density at radius 1 is 0.905 bits per heavy atom. The van der Waals surface area contributed by atoms with E-state index in [1.807, 2.05) is 29.5 Å². The number of fused-ring (bicyclic) bond motifs is 3. The molecule has 0 spiro atoms. The van der Waals surface area contributed by atoms with Crippen LogP contribution in [0.25, 0.3) is 27.9 Å². The predicted molar refractivity (Wildman–Crippen MR) is 83.2 cm³/mol. The largest absolute Gasteiger partial charge is 0.263 e. The number of nitrogens with zero attached hydrogens (tertiary/aromatic N) is 4. The average molecular weight is 274 g/mol. The van der Waals surface area contributed by atoms with Gasteiger partial charge in [0.15, 0.2) is 0 Å². The molecule has 0 bridgehead atoms. The monoisotopic (exact) mass is 274 g/mol. The van der Waals surface area contributed by atoms with Gasteiger partial charge in [0.2, 0.25) is 0 Å². The molecule has 0 aliphatic carbocycles. The van der Waals surface area contributed by atoms with Crippen molar-refractivity contribution in [3.8, 4) is 11.3 Å². The highest BCUT2D eigenvalue weighted by molar-refractivity contribution is 5.94. The molecule has 4 nitrogen and oxygen atoms in total. The lowest BCUT2D eigenvalue weighted by atomic mass is 10.0. The number of aromatic nitrogens is 4. The van der Waals surface area contributed by atoms with Crippen molar-refractivity contribution in [1.82, 2.24) is 19.6 Å². The zero-order valence-corrected chi connectivity index (χ0v) is 11.9. The van der Waals surface area contributed by atoms with Crippen LogP contribution in [0.4, 0.5) is 0 Å². The second-order valence-corrected chi connectivity index (χ2v) is 5.23. The van der Waals surface area contributed by atoms with E-state index >= 15 is 0 Å². The maximum absolute atomic E-state index is 4.72. The molecule has 4 rings (SSSR count). The maximum atomic E-state index is 4.72. The Kier molecular flexibility index (Phi) is 2.51. The van der Waals surface area contributed by atoms with Crippen LogP contribution in [0.2, 0.25) is 0 Å².